The number of para-hydroxylation sites is 1. The van der Waals surface area contributed by atoms with Crippen LogP contribution in [0.5, 0.6) is 5.75 Å². The Bertz CT molecular complexity index is 1130. The Morgan fingerprint density at radius 3 is 2.72 bits per heavy atom. The van der Waals surface area contributed by atoms with Crippen molar-refractivity contribution >= 4 is 23.1 Å². The molecule has 4 rings (SSSR count). The van der Waals surface area contributed by atoms with Gasteiger partial charge in [-0.15, -0.1) is 0 Å². The fraction of sp³-hybridized carbons (Fsp3) is 0.143. The molecule has 4 nitrogen and oxygen atoms in total. The van der Waals surface area contributed by atoms with Crippen molar-refractivity contribution < 1.29 is 4.74 Å². The number of rotatable bonds is 4. The van der Waals surface area contributed by atoms with E-state index in [-0.39, 0.29) is 0 Å². The molecule has 0 saturated carbocycles. The summed E-state index contributed by atoms with van der Waals surface area (Å²) in [5.41, 5.74) is 2.11. The third-order valence-corrected chi connectivity index (χ3v) is 4.33. The van der Waals surface area contributed by atoms with E-state index < -0.39 is 0 Å². The lowest BCUT2D eigenvalue weighted by atomic mass is 10.2. The number of hydrogen-bond donors (Lipinski definition) is 2. The molecule has 4 aromatic rings. The second-order valence-corrected chi connectivity index (χ2v) is 6.01. The molecule has 2 N–H and O–H groups in total. The Morgan fingerprint density at radius 2 is 1.88 bits per heavy atom. The Kier molecular flexibility index (Phi) is 3.94. The van der Waals surface area contributed by atoms with Gasteiger partial charge in [0.25, 0.3) is 0 Å². The maximum absolute atomic E-state index is 5.57. The van der Waals surface area contributed by atoms with Crippen LogP contribution >= 0.6 is 0 Å². The van der Waals surface area contributed by atoms with Crippen LogP contribution in [0.15, 0.2) is 54.7 Å². The van der Waals surface area contributed by atoms with Crippen LogP contribution in [-0.4, -0.2) is 21.6 Å². The van der Waals surface area contributed by atoms with Crippen molar-refractivity contribution in [1.82, 2.24) is 14.5 Å². The van der Waals surface area contributed by atoms with Gasteiger partial charge in [-0.3, -0.25) is 0 Å². The molecule has 0 aliphatic heterocycles. The number of benzene rings is 1. The van der Waals surface area contributed by atoms with E-state index in [9.17, 15) is 0 Å². The maximum atomic E-state index is 5.57. The van der Waals surface area contributed by atoms with Gasteiger partial charge in [0, 0.05) is 23.0 Å². The second-order valence-electron chi connectivity index (χ2n) is 6.01. The number of hydrogen-bond acceptors (Lipinski definition) is 1. The van der Waals surface area contributed by atoms with Crippen LogP contribution in [0.4, 0.5) is 0 Å². The van der Waals surface area contributed by atoms with Crippen LogP contribution in [0.3, 0.4) is 0 Å². The van der Waals surface area contributed by atoms with E-state index in [0.717, 1.165) is 39.9 Å². The fourth-order valence-corrected chi connectivity index (χ4v) is 3.14. The van der Waals surface area contributed by atoms with Crippen LogP contribution in [0.1, 0.15) is 19.0 Å². The van der Waals surface area contributed by atoms with E-state index in [1.54, 1.807) is 7.11 Å². The van der Waals surface area contributed by atoms with Gasteiger partial charge in [-0.25, -0.2) is 0 Å². The highest BCUT2D eigenvalue weighted by molar-refractivity contribution is 5.81. The van der Waals surface area contributed by atoms with E-state index in [4.69, 9.17) is 4.74 Å². The van der Waals surface area contributed by atoms with Gasteiger partial charge in [-0.2, -0.15) is 0 Å². The highest BCUT2D eigenvalue weighted by atomic mass is 16.5. The van der Waals surface area contributed by atoms with Gasteiger partial charge in [-0.1, -0.05) is 31.2 Å². The first-order valence-electron chi connectivity index (χ1n) is 8.49. The lowest BCUT2D eigenvalue weighted by Crippen LogP contribution is -2.09. The molecule has 0 fully saturated rings. The minimum atomic E-state index is 0.823. The van der Waals surface area contributed by atoms with Gasteiger partial charge in [0.05, 0.1) is 18.3 Å². The molecule has 3 aromatic heterocycles. The molecule has 0 aliphatic carbocycles. The van der Waals surface area contributed by atoms with Crippen molar-refractivity contribution in [1.29, 1.82) is 0 Å². The van der Waals surface area contributed by atoms with Gasteiger partial charge in [0.15, 0.2) is 0 Å². The van der Waals surface area contributed by atoms with E-state index >= 15 is 0 Å². The smallest absolute Gasteiger partial charge is 0.146 e. The van der Waals surface area contributed by atoms with Crippen molar-refractivity contribution in [2.75, 3.05) is 7.11 Å². The zero-order valence-corrected chi connectivity index (χ0v) is 14.4. The van der Waals surface area contributed by atoms with Crippen molar-refractivity contribution in [2.24, 2.45) is 0 Å². The molecule has 3 heterocycles. The number of ether oxygens (including phenoxy) is 1. The summed E-state index contributed by atoms with van der Waals surface area (Å²) in [6.45, 7) is 2.13. The third kappa shape index (κ3) is 2.87. The zero-order chi connectivity index (χ0) is 17.2. The Balaban J connectivity index is 1.81. The monoisotopic (exact) mass is 331 g/mol. The predicted octanol–water partition coefficient (Wildman–Crippen LogP) is 3.31. The van der Waals surface area contributed by atoms with E-state index in [2.05, 4.69) is 82.3 Å². The standard InChI is InChI=1S/C21H21N3O/c1-3-6-16-9-10-17(22-16)13-18-20(25-2)14-21(23-18)24-12-11-15-7-4-5-8-19(15)24/h4-14,22-23H,3H2,1-2H3. The number of aromatic amines is 2. The summed E-state index contributed by atoms with van der Waals surface area (Å²) in [5.74, 6) is 1.81. The number of H-pyrrole nitrogens is 2. The second kappa shape index (κ2) is 6.40. The highest BCUT2D eigenvalue weighted by Crippen LogP contribution is 2.26. The zero-order valence-electron chi connectivity index (χ0n) is 14.4. The fourth-order valence-electron chi connectivity index (χ4n) is 3.14. The summed E-state index contributed by atoms with van der Waals surface area (Å²) >= 11 is 0. The molecule has 0 spiro atoms. The first-order valence-corrected chi connectivity index (χ1v) is 8.49. The molecule has 0 bridgehead atoms. The molecule has 0 radical (unpaired) electrons. The number of nitrogens with one attached hydrogen (secondary N) is 2. The minimum Gasteiger partial charge on any atom is -0.494 e. The van der Waals surface area contributed by atoms with Gasteiger partial charge in [0.1, 0.15) is 11.6 Å². The molecule has 126 valence electrons. The predicted molar refractivity (Wildman–Crippen MR) is 103 cm³/mol. The average molecular weight is 331 g/mol. The van der Waals surface area contributed by atoms with Crippen molar-refractivity contribution in [3.63, 3.8) is 0 Å². The highest BCUT2D eigenvalue weighted by Gasteiger charge is 2.10. The Labute approximate surface area is 146 Å². The first kappa shape index (κ1) is 15.4. The van der Waals surface area contributed by atoms with Crippen LogP contribution in [-0.2, 0) is 0 Å². The molecule has 4 heteroatoms. The quantitative estimate of drug-likeness (QED) is 0.592. The molecule has 0 unspecified atom stereocenters. The SMILES string of the molecule is CCC=c1ccc(=Cc2[nH]c(-n3ccc4ccccc43)cc2OC)[nH]1. The van der Waals surface area contributed by atoms with Crippen molar-refractivity contribution in [2.45, 2.75) is 13.3 Å². The van der Waals surface area contributed by atoms with Crippen LogP contribution in [0.2, 0.25) is 0 Å². The topological polar surface area (TPSA) is 45.7 Å². The van der Waals surface area contributed by atoms with Crippen LogP contribution in [0.25, 0.3) is 28.9 Å². The summed E-state index contributed by atoms with van der Waals surface area (Å²) < 4.78 is 7.70. The lowest BCUT2D eigenvalue weighted by molar-refractivity contribution is 0.414. The molecular weight excluding hydrogens is 310 g/mol. The summed E-state index contributed by atoms with van der Waals surface area (Å²) in [7, 11) is 1.70. The molecule has 0 amide bonds. The molecular formula is C21H21N3O. The average Bonchev–Trinajstić information content (AvgIpc) is 3.33. The summed E-state index contributed by atoms with van der Waals surface area (Å²) in [6, 6.07) is 16.6. The first-order chi connectivity index (χ1) is 12.3. The third-order valence-electron chi connectivity index (χ3n) is 4.33. The molecule has 0 aliphatic rings. The number of fused-ring (bicyclic) bond motifs is 1. The largest absolute Gasteiger partial charge is 0.494 e. The molecule has 0 saturated heterocycles. The maximum Gasteiger partial charge on any atom is 0.146 e. The molecule has 0 atom stereocenters. The minimum absolute atomic E-state index is 0.823. The molecule has 1 aromatic carbocycles. The normalized spacial score (nSPS) is 13.0. The number of aromatic nitrogens is 3. The van der Waals surface area contributed by atoms with E-state index in [1.165, 1.54) is 5.39 Å². The summed E-state index contributed by atoms with van der Waals surface area (Å²) in [6.07, 6.45) is 7.32. The van der Waals surface area contributed by atoms with Crippen LogP contribution < -0.4 is 15.4 Å². The van der Waals surface area contributed by atoms with Crippen molar-refractivity contribution in [3.8, 4) is 11.6 Å². The lowest BCUT2D eigenvalue weighted by Gasteiger charge is -2.01. The van der Waals surface area contributed by atoms with E-state index in [0.29, 0.717) is 0 Å². The summed E-state index contributed by atoms with van der Waals surface area (Å²) in [4.78, 5) is 6.86. The number of methoxy groups -OCH3 is 1. The Morgan fingerprint density at radius 1 is 1.04 bits per heavy atom. The summed E-state index contributed by atoms with van der Waals surface area (Å²) in [5, 5.41) is 3.39. The molecule has 25 heavy (non-hydrogen) atoms. The van der Waals surface area contributed by atoms with Gasteiger partial charge in [-0.05, 0) is 42.1 Å². The van der Waals surface area contributed by atoms with Gasteiger partial charge >= 0.3 is 0 Å². The van der Waals surface area contributed by atoms with Gasteiger partial charge < -0.3 is 19.3 Å². The van der Waals surface area contributed by atoms with E-state index in [1.807, 2.05) is 6.07 Å². The number of nitrogens with zero attached hydrogens (tertiary/aromatic N) is 1. The Hall–Kier alpha value is -3.14. The van der Waals surface area contributed by atoms with Crippen molar-refractivity contribution in [3.05, 3.63) is 71.1 Å². The van der Waals surface area contributed by atoms with Gasteiger partial charge in [0.2, 0.25) is 0 Å². The van der Waals surface area contributed by atoms with Crippen LogP contribution in [0, 0.1) is 0 Å².